The van der Waals surface area contributed by atoms with Gasteiger partial charge in [0.15, 0.2) is 0 Å². The van der Waals surface area contributed by atoms with Crippen LogP contribution in [0.15, 0.2) is 55.0 Å². The largest absolute Gasteiger partial charge is 0.355 e. The zero-order valence-corrected chi connectivity index (χ0v) is 15.7. The normalized spacial score (nSPS) is 19.6. The molecule has 0 aromatic carbocycles. The van der Waals surface area contributed by atoms with Gasteiger partial charge < -0.3 is 10.6 Å². The fraction of sp³-hybridized carbons (Fsp3) is 0.238. The fourth-order valence-electron chi connectivity index (χ4n) is 3.68. The molecule has 7 nitrogen and oxygen atoms in total. The van der Waals surface area contributed by atoms with Gasteiger partial charge in [-0.15, -0.1) is 0 Å². The molecule has 0 spiro atoms. The first-order chi connectivity index (χ1) is 14.2. The third-order valence-corrected chi connectivity index (χ3v) is 5.28. The van der Waals surface area contributed by atoms with Crippen LogP contribution >= 0.6 is 0 Å². The molecule has 8 heteroatoms. The van der Waals surface area contributed by atoms with Crippen LogP contribution in [0.5, 0.6) is 0 Å². The van der Waals surface area contributed by atoms with Crippen LogP contribution in [-0.2, 0) is 0 Å². The Labute approximate surface area is 166 Å². The van der Waals surface area contributed by atoms with E-state index in [4.69, 9.17) is 10.7 Å². The van der Waals surface area contributed by atoms with Crippen molar-refractivity contribution in [3.63, 3.8) is 0 Å². The number of aromatic amines is 1. The van der Waals surface area contributed by atoms with E-state index in [0.717, 1.165) is 39.4 Å². The minimum atomic E-state index is -0.955. The molecule has 0 amide bonds. The molecule has 0 unspecified atom stereocenters. The van der Waals surface area contributed by atoms with Crippen molar-refractivity contribution in [1.82, 2.24) is 25.1 Å². The Morgan fingerprint density at radius 3 is 2.90 bits per heavy atom. The quantitative estimate of drug-likeness (QED) is 0.559. The average Bonchev–Trinajstić information content (AvgIpc) is 3.20. The van der Waals surface area contributed by atoms with Crippen molar-refractivity contribution >= 4 is 16.7 Å². The number of nitrogens with two attached hydrogens (primary N) is 1. The lowest BCUT2D eigenvalue weighted by atomic mass is 10.0. The molecular weight excluding hydrogens is 369 g/mol. The Morgan fingerprint density at radius 1 is 1.14 bits per heavy atom. The lowest BCUT2D eigenvalue weighted by Crippen LogP contribution is -2.50. The van der Waals surface area contributed by atoms with E-state index in [9.17, 15) is 4.39 Å². The number of nitrogens with one attached hydrogen (secondary N) is 1. The molecule has 1 aliphatic rings. The van der Waals surface area contributed by atoms with Gasteiger partial charge in [-0.25, -0.2) is 9.37 Å². The van der Waals surface area contributed by atoms with Gasteiger partial charge in [-0.2, -0.15) is 5.10 Å². The molecule has 5 heterocycles. The highest BCUT2D eigenvalue weighted by molar-refractivity contribution is 5.93. The molecular formula is C21H20FN7. The first-order valence-corrected chi connectivity index (χ1v) is 9.55. The number of alkyl halides is 1. The molecule has 146 valence electrons. The number of halogens is 1. The smallest absolute Gasteiger partial charge is 0.129 e. The van der Waals surface area contributed by atoms with Crippen molar-refractivity contribution < 1.29 is 4.39 Å². The summed E-state index contributed by atoms with van der Waals surface area (Å²) >= 11 is 0. The molecule has 0 saturated carbocycles. The van der Waals surface area contributed by atoms with E-state index in [2.05, 4.69) is 20.2 Å². The van der Waals surface area contributed by atoms with Crippen LogP contribution in [0.1, 0.15) is 6.42 Å². The minimum absolute atomic E-state index is 0.415. The van der Waals surface area contributed by atoms with Gasteiger partial charge in [0.05, 0.1) is 29.1 Å². The van der Waals surface area contributed by atoms with Gasteiger partial charge in [0, 0.05) is 36.4 Å². The Morgan fingerprint density at radius 2 is 2.07 bits per heavy atom. The summed E-state index contributed by atoms with van der Waals surface area (Å²) in [5, 5.41) is 8.43. The van der Waals surface area contributed by atoms with Crippen LogP contribution in [0.25, 0.3) is 33.5 Å². The first-order valence-electron chi connectivity index (χ1n) is 9.55. The van der Waals surface area contributed by atoms with E-state index in [1.165, 1.54) is 0 Å². The zero-order chi connectivity index (χ0) is 19.8. The molecule has 0 bridgehead atoms. The molecule has 0 radical (unpaired) electrons. The van der Waals surface area contributed by atoms with E-state index in [-0.39, 0.29) is 0 Å². The van der Waals surface area contributed by atoms with Crippen LogP contribution in [0.3, 0.4) is 0 Å². The van der Waals surface area contributed by atoms with Crippen molar-refractivity contribution in [3.05, 3.63) is 55.0 Å². The predicted octanol–water partition coefficient (Wildman–Crippen LogP) is 2.96. The maximum absolute atomic E-state index is 13.7. The van der Waals surface area contributed by atoms with Crippen LogP contribution in [0, 0.1) is 0 Å². The number of nitrogens with zero attached hydrogens (tertiary/aromatic N) is 5. The molecule has 0 aliphatic carbocycles. The number of anilines is 1. The second-order valence-electron chi connectivity index (χ2n) is 7.22. The van der Waals surface area contributed by atoms with Crippen molar-refractivity contribution in [1.29, 1.82) is 0 Å². The number of hydrogen-bond donors (Lipinski definition) is 2. The van der Waals surface area contributed by atoms with Gasteiger partial charge in [0.25, 0.3) is 0 Å². The Balaban J connectivity index is 1.53. The van der Waals surface area contributed by atoms with Crippen LogP contribution in [-0.4, -0.2) is 50.5 Å². The molecule has 1 fully saturated rings. The summed E-state index contributed by atoms with van der Waals surface area (Å²) in [5.41, 5.74) is 9.99. The number of H-pyrrole nitrogens is 1. The van der Waals surface area contributed by atoms with E-state index < -0.39 is 12.2 Å². The SMILES string of the molecule is N[C@H]1CN(c2cccc(-c3n[nH]c4cnc(-c5cccnc5)cc34)n2)CC[C@@H]1F. The van der Waals surface area contributed by atoms with E-state index in [1.807, 2.05) is 41.3 Å². The highest BCUT2D eigenvalue weighted by atomic mass is 19.1. The number of hydrogen-bond acceptors (Lipinski definition) is 6. The molecule has 4 aromatic rings. The Bertz CT molecular complexity index is 1140. The molecule has 1 aliphatic heterocycles. The second-order valence-corrected chi connectivity index (χ2v) is 7.22. The topological polar surface area (TPSA) is 96.6 Å². The number of pyridine rings is 3. The van der Waals surface area contributed by atoms with Gasteiger partial charge in [-0.05, 0) is 36.8 Å². The van der Waals surface area contributed by atoms with Gasteiger partial charge in [0.1, 0.15) is 17.7 Å². The maximum Gasteiger partial charge on any atom is 0.129 e. The summed E-state index contributed by atoms with van der Waals surface area (Å²) in [6, 6.07) is 11.1. The van der Waals surface area contributed by atoms with Gasteiger partial charge in [-0.1, -0.05) is 6.07 Å². The highest BCUT2D eigenvalue weighted by Gasteiger charge is 2.27. The van der Waals surface area contributed by atoms with E-state index >= 15 is 0 Å². The molecule has 3 N–H and O–H groups in total. The summed E-state index contributed by atoms with van der Waals surface area (Å²) in [7, 11) is 0. The lowest BCUT2D eigenvalue weighted by Gasteiger charge is -2.34. The van der Waals surface area contributed by atoms with Crippen molar-refractivity contribution in [2.24, 2.45) is 5.73 Å². The number of fused-ring (bicyclic) bond motifs is 1. The molecule has 4 aromatic heterocycles. The first kappa shape index (κ1) is 17.7. The third kappa shape index (κ3) is 3.31. The summed E-state index contributed by atoms with van der Waals surface area (Å²) in [4.78, 5) is 15.5. The van der Waals surface area contributed by atoms with Crippen LogP contribution < -0.4 is 10.6 Å². The maximum atomic E-state index is 13.7. The molecule has 1 saturated heterocycles. The van der Waals surface area contributed by atoms with Gasteiger partial charge >= 0.3 is 0 Å². The predicted molar refractivity (Wildman–Crippen MR) is 110 cm³/mol. The summed E-state index contributed by atoms with van der Waals surface area (Å²) in [6.45, 7) is 1.05. The lowest BCUT2D eigenvalue weighted by molar-refractivity contribution is 0.244. The van der Waals surface area contributed by atoms with Crippen LogP contribution in [0.2, 0.25) is 0 Å². The summed E-state index contributed by atoms with van der Waals surface area (Å²) < 4.78 is 13.7. The van der Waals surface area contributed by atoms with Crippen molar-refractivity contribution in [3.8, 4) is 22.6 Å². The molecule has 2 atom stereocenters. The van der Waals surface area contributed by atoms with E-state index in [0.29, 0.717) is 19.5 Å². The highest BCUT2D eigenvalue weighted by Crippen LogP contribution is 2.29. The van der Waals surface area contributed by atoms with Gasteiger partial charge in [-0.3, -0.25) is 15.1 Å². The Hall–Kier alpha value is -3.39. The average molecular weight is 389 g/mol. The van der Waals surface area contributed by atoms with Gasteiger partial charge in [0.2, 0.25) is 0 Å². The number of aromatic nitrogens is 5. The summed E-state index contributed by atoms with van der Waals surface area (Å²) in [5.74, 6) is 0.780. The fourth-order valence-corrected chi connectivity index (χ4v) is 3.68. The van der Waals surface area contributed by atoms with E-state index in [1.54, 1.807) is 18.6 Å². The minimum Gasteiger partial charge on any atom is -0.355 e. The number of piperidine rings is 1. The monoisotopic (exact) mass is 389 g/mol. The Kier molecular flexibility index (Phi) is 4.40. The van der Waals surface area contributed by atoms with Crippen molar-refractivity contribution in [2.45, 2.75) is 18.6 Å². The van der Waals surface area contributed by atoms with Crippen LogP contribution in [0.4, 0.5) is 10.2 Å². The standard InChI is InChI=1S/C21H20FN7/c22-15-6-8-29(12-16(15)23)20-5-1-4-17(26-20)21-14-9-18(13-3-2-7-24-10-13)25-11-19(14)27-28-21/h1-5,7,9-11,15-16H,6,8,12,23H2,(H,27,28)/t15-,16-/m0/s1. The molecule has 29 heavy (non-hydrogen) atoms. The zero-order valence-electron chi connectivity index (χ0n) is 15.7. The third-order valence-electron chi connectivity index (χ3n) is 5.28. The summed E-state index contributed by atoms with van der Waals surface area (Å²) in [6.07, 6.45) is 4.74. The van der Waals surface area contributed by atoms with Crippen molar-refractivity contribution in [2.75, 3.05) is 18.0 Å². The molecule has 5 rings (SSSR count). The second kappa shape index (κ2) is 7.21. The number of rotatable bonds is 3.